The van der Waals surface area contributed by atoms with Crippen molar-refractivity contribution in [2.75, 3.05) is 0 Å². The molecule has 5 heteroatoms. The molecule has 1 atom stereocenters. The second-order valence-electron chi connectivity index (χ2n) is 6.17. The van der Waals surface area contributed by atoms with Crippen LogP contribution >= 0.6 is 0 Å². The number of hydrogen-bond acceptors (Lipinski definition) is 3. The van der Waals surface area contributed by atoms with Crippen LogP contribution in [0.5, 0.6) is 0 Å². The van der Waals surface area contributed by atoms with Gasteiger partial charge in [0.25, 0.3) is 0 Å². The van der Waals surface area contributed by atoms with Crippen molar-refractivity contribution < 1.29 is 4.79 Å². The summed E-state index contributed by atoms with van der Waals surface area (Å²) in [6, 6.07) is 6.00. The summed E-state index contributed by atoms with van der Waals surface area (Å²) in [5, 5.41) is 10.1. The van der Waals surface area contributed by atoms with E-state index in [2.05, 4.69) is 52.5 Å². The van der Waals surface area contributed by atoms with Gasteiger partial charge in [-0.05, 0) is 37.8 Å². The van der Waals surface area contributed by atoms with E-state index in [1.54, 1.807) is 0 Å². The Morgan fingerprint density at radius 2 is 2.00 bits per heavy atom. The van der Waals surface area contributed by atoms with Gasteiger partial charge in [-0.2, -0.15) is 5.10 Å². The molecule has 118 valence electrons. The molecule has 0 aliphatic heterocycles. The zero-order valence-electron chi connectivity index (χ0n) is 13.9. The lowest BCUT2D eigenvalue weighted by molar-refractivity contribution is -0.121. The SMILES string of the molecule is Cc1ccc(C)c(CC(=O)NC(c2n[nH]c(C)n2)C(C)C)c1. The van der Waals surface area contributed by atoms with Gasteiger partial charge in [0.15, 0.2) is 5.82 Å². The summed E-state index contributed by atoms with van der Waals surface area (Å²) in [6.07, 6.45) is 0.375. The summed E-state index contributed by atoms with van der Waals surface area (Å²) in [6.45, 7) is 10.0. The summed E-state index contributed by atoms with van der Waals surface area (Å²) in [4.78, 5) is 16.7. The number of H-pyrrole nitrogens is 1. The van der Waals surface area contributed by atoms with Crippen LogP contribution in [0.25, 0.3) is 0 Å². The molecule has 2 rings (SSSR count). The van der Waals surface area contributed by atoms with E-state index in [1.165, 1.54) is 5.56 Å². The highest BCUT2D eigenvalue weighted by atomic mass is 16.1. The highest BCUT2D eigenvalue weighted by molar-refractivity contribution is 5.79. The van der Waals surface area contributed by atoms with Gasteiger partial charge in [-0.3, -0.25) is 9.89 Å². The molecular weight excluding hydrogens is 276 g/mol. The first kappa shape index (κ1) is 16.2. The third-order valence-corrected chi connectivity index (χ3v) is 3.73. The Labute approximate surface area is 131 Å². The lowest BCUT2D eigenvalue weighted by Crippen LogP contribution is -2.33. The molecule has 22 heavy (non-hydrogen) atoms. The van der Waals surface area contributed by atoms with Crippen LogP contribution in [-0.2, 0) is 11.2 Å². The number of aromatic nitrogens is 3. The van der Waals surface area contributed by atoms with Crippen molar-refractivity contribution >= 4 is 5.91 Å². The zero-order chi connectivity index (χ0) is 16.3. The van der Waals surface area contributed by atoms with Crippen molar-refractivity contribution in [1.29, 1.82) is 0 Å². The van der Waals surface area contributed by atoms with Gasteiger partial charge in [-0.15, -0.1) is 0 Å². The van der Waals surface area contributed by atoms with Crippen molar-refractivity contribution in [2.45, 2.75) is 47.1 Å². The third-order valence-electron chi connectivity index (χ3n) is 3.73. The van der Waals surface area contributed by atoms with E-state index in [1.807, 2.05) is 20.8 Å². The summed E-state index contributed by atoms with van der Waals surface area (Å²) in [5.41, 5.74) is 3.36. The smallest absolute Gasteiger partial charge is 0.225 e. The van der Waals surface area contributed by atoms with E-state index in [0.717, 1.165) is 17.0 Å². The quantitative estimate of drug-likeness (QED) is 0.892. The summed E-state index contributed by atoms with van der Waals surface area (Å²) in [7, 11) is 0. The fraction of sp³-hybridized carbons (Fsp3) is 0.471. The van der Waals surface area contributed by atoms with Gasteiger partial charge in [-0.1, -0.05) is 37.6 Å². The van der Waals surface area contributed by atoms with Crippen LogP contribution in [0.3, 0.4) is 0 Å². The van der Waals surface area contributed by atoms with Gasteiger partial charge in [0, 0.05) is 0 Å². The number of benzene rings is 1. The molecule has 1 heterocycles. The fourth-order valence-electron chi connectivity index (χ4n) is 2.42. The average Bonchev–Trinajstić information content (AvgIpc) is 2.86. The number of carbonyl (C=O) groups is 1. The molecule has 0 saturated heterocycles. The normalized spacial score (nSPS) is 12.5. The van der Waals surface area contributed by atoms with E-state index in [4.69, 9.17) is 0 Å². The highest BCUT2D eigenvalue weighted by Gasteiger charge is 2.22. The molecule has 0 bridgehead atoms. The van der Waals surface area contributed by atoms with Crippen molar-refractivity contribution in [3.05, 3.63) is 46.5 Å². The van der Waals surface area contributed by atoms with E-state index >= 15 is 0 Å². The van der Waals surface area contributed by atoms with E-state index in [-0.39, 0.29) is 17.9 Å². The number of carbonyl (C=O) groups excluding carboxylic acids is 1. The molecule has 0 aliphatic rings. The predicted molar refractivity (Wildman–Crippen MR) is 86.5 cm³/mol. The highest BCUT2D eigenvalue weighted by Crippen LogP contribution is 2.19. The van der Waals surface area contributed by atoms with Gasteiger partial charge in [0.05, 0.1) is 12.5 Å². The van der Waals surface area contributed by atoms with E-state index < -0.39 is 0 Å². The van der Waals surface area contributed by atoms with Crippen LogP contribution < -0.4 is 5.32 Å². The first-order chi connectivity index (χ1) is 10.4. The monoisotopic (exact) mass is 300 g/mol. The maximum Gasteiger partial charge on any atom is 0.225 e. The van der Waals surface area contributed by atoms with Crippen molar-refractivity contribution in [3.63, 3.8) is 0 Å². The number of amides is 1. The Morgan fingerprint density at radius 3 is 2.59 bits per heavy atom. The lowest BCUT2D eigenvalue weighted by Gasteiger charge is -2.19. The van der Waals surface area contributed by atoms with Crippen LogP contribution in [0.1, 0.15) is 48.2 Å². The van der Waals surface area contributed by atoms with Gasteiger partial charge in [0.2, 0.25) is 5.91 Å². The largest absolute Gasteiger partial charge is 0.345 e. The molecule has 0 radical (unpaired) electrons. The van der Waals surface area contributed by atoms with E-state index in [9.17, 15) is 4.79 Å². The molecule has 0 spiro atoms. The number of aromatic amines is 1. The number of hydrogen-bond donors (Lipinski definition) is 2. The molecular formula is C17H24N4O. The topological polar surface area (TPSA) is 70.7 Å². The first-order valence-electron chi connectivity index (χ1n) is 7.61. The van der Waals surface area contributed by atoms with Crippen molar-refractivity contribution in [1.82, 2.24) is 20.5 Å². The Morgan fingerprint density at radius 1 is 1.27 bits per heavy atom. The third kappa shape index (κ3) is 3.93. The van der Waals surface area contributed by atoms with Crippen LogP contribution in [0.4, 0.5) is 0 Å². The Bertz CT molecular complexity index is 660. The predicted octanol–water partition coefficient (Wildman–Crippen LogP) is 2.79. The number of aryl methyl sites for hydroxylation is 3. The van der Waals surface area contributed by atoms with Gasteiger partial charge in [0.1, 0.15) is 5.82 Å². The summed E-state index contributed by atoms with van der Waals surface area (Å²) in [5.74, 6) is 1.61. The van der Waals surface area contributed by atoms with Crippen LogP contribution in [0, 0.1) is 26.7 Å². The number of rotatable bonds is 5. The maximum absolute atomic E-state index is 12.4. The minimum atomic E-state index is -0.178. The molecule has 2 N–H and O–H groups in total. The molecule has 1 amide bonds. The Balaban J connectivity index is 2.10. The molecule has 1 aromatic heterocycles. The first-order valence-corrected chi connectivity index (χ1v) is 7.61. The zero-order valence-corrected chi connectivity index (χ0v) is 13.9. The molecule has 0 saturated carbocycles. The minimum absolute atomic E-state index is 0.00477. The molecule has 2 aromatic rings. The second kappa shape index (κ2) is 6.73. The number of nitrogens with zero attached hydrogens (tertiary/aromatic N) is 2. The van der Waals surface area contributed by atoms with Gasteiger partial charge < -0.3 is 5.32 Å². The van der Waals surface area contributed by atoms with Crippen LogP contribution in [0.2, 0.25) is 0 Å². The molecule has 0 aliphatic carbocycles. The molecule has 1 aromatic carbocycles. The van der Waals surface area contributed by atoms with Crippen LogP contribution in [0.15, 0.2) is 18.2 Å². The Kier molecular flexibility index (Phi) is 4.96. The lowest BCUT2D eigenvalue weighted by atomic mass is 10.0. The summed E-state index contributed by atoms with van der Waals surface area (Å²) >= 11 is 0. The minimum Gasteiger partial charge on any atom is -0.345 e. The average molecular weight is 300 g/mol. The maximum atomic E-state index is 12.4. The Hall–Kier alpha value is -2.17. The molecule has 0 fully saturated rings. The van der Waals surface area contributed by atoms with Gasteiger partial charge in [-0.25, -0.2) is 4.98 Å². The summed E-state index contributed by atoms with van der Waals surface area (Å²) < 4.78 is 0. The standard InChI is InChI=1S/C17H24N4O/c1-10(2)16(17-18-13(5)20-21-17)19-15(22)9-14-8-11(3)6-7-12(14)4/h6-8,10,16H,9H2,1-5H3,(H,19,22)(H,18,20,21). The van der Waals surface area contributed by atoms with Gasteiger partial charge >= 0.3 is 0 Å². The van der Waals surface area contributed by atoms with Crippen molar-refractivity contribution in [3.8, 4) is 0 Å². The molecule has 5 nitrogen and oxygen atoms in total. The fourth-order valence-corrected chi connectivity index (χ4v) is 2.42. The van der Waals surface area contributed by atoms with Crippen LogP contribution in [-0.4, -0.2) is 21.1 Å². The number of nitrogens with one attached hydrogen (secondary N) is 2. The molecule has 1 unspecified atom stereocenters. The van der Waals surface area contributed by atoms with E-state index in [0.29, 0.717) is 12.2 Å². The van der Waals surface area contributed by atoms with Crippen molar-refractivity contribution in [2.24, 2.45) is 5.92 Å². The second-order valence-corrected chi connectivity index (χ2v) is 6.17.